The molecule has 3 aliphatic carbocycles. The maximum absolute atomic E-state index is 2.74. The second kappa shape index (κ2) is 7.44. The van der Waals surface area contributed by atoms with E-state index in [4.69, 9.17) is 0 Å². The summed E-state index contributed by atoms with van der Waals surface area (Å²) in [4.78, 5) is 0. The summed E-state index contributed by atoms with van der Waals surface area (Å²) in [6.07, 6.45) is 16.2. The van der Waals surface area contributed by atoms with E-state index in [1.54, 1.807) is 0 Å². The van der Waals surface area contributed by atoms with E-state index in [9.17, 15) is 0 Å². The molecule has 0 aromatic carbocycles. The minimum Gasteiger partial charge on any atom is -0.0654 e. The van der Waals surface area contributed by atoms with Crippen LogP contribution in [0.2, 0.25) is 0 Å². The summed E-state index contributed by atoms with van der Waals surface area (Å²) in [6.45, 7) is 18.1. The summed E-state index contributed by atoms with van der Waals surface area (Å²) in [6, 6.07) is 0. The third-order valence-corrected chi connectivity index (χ3v) is 10.0. The molecule has 3 rings (SSSR count). The topological polar surface area (TPSA) is 0 Å². The van der Waals surface area contributed by atoms with E-state index in [-0.39, 0.29) is 0 Å². The number of rotatable bonds is 5. The van der Waals surface area contributed by atoms with Gasteiger partial charge in [0, 0.05) is 0 Å². The fourth-order valence-electron chi connectivity index (χ4n) is 8.79. The quantitative estimate of drug-likeness (QED) is 0.461. The molecule has 0 amide bonds. The highest BCUT2D eigenvalue weighted by Gasteiger charge is 2.61. The lowest BCUT2D eigenvalue weighted by molar-refractivity contribution is -0.174. The third kappa shape index (κ3) is 3.41. The van der Waals surface area contributed by atoms with Gasteiger partial charge in [-0.25, -0.2) is 0 Å². The first kappa shape index (κ1) is 20.7. The number of fused-ring (bicyclic) bond motifs is 3. The maximum atomic E-state index is 2.74. The van der Waals surface area contributed by atoms with E-state index in [1.807, 2.05) is 0 Å². The van der Waals surface area contributed by atoms with Crippen LogP contribution in [-0.2, 0) is 0 Å². The van der Waals surface area contributed by atoms with Crippen molar-refractivity contribution in [1.82, 2.24) is 0 Å². The normalized spacial score (nSPS) is 46.3. The van der Waals surface area contributed by atoms with Crippen molar-refractivity contribution in [2.75, 3.05) is 0 Å². The van der Waals surface area contributed by atoms with E-state index >= 15 is 0 Å². The van der Waals surface area contributed by atoms with Gasteiger partial charge in [-0.3, -0.25) is 0 Å². The maximum Gasteiger partial charge on any atom is -0.0259 e. The van der Waals surface area contributed by atoms with Crippen LogP contribution in [-0.4, -0.2) is 0 Å². The van der Waals surface area contributed by atoms with Gasteiger partial charge in [0.15, 0.2) is 0 Å². The van der Waals surface area contributed by atoms with Gasteiger partial charge in [0.2, 0.25) is 0 Å². The predicted molar refractivity (Wildman–Crippen MR) is 115 cm³/mol. The van der Waals surface area contributed by atoms with Crippen LogP contribution in [0.1, 0.15) is 119 Å². The lowest BCUT2D eigenvalue weighted by Gasteiger charge is -2.66. The summed E-state index contributed by atoms with van der Waals surface area (Å²) in [5, 5.41) is 0. The first-order chi connectivity index (χ1) is 12.1. The monoisotopic (exact) mass is 360 g/mol. The Hall–Kier alpha value is 0. The molecule has 0 nitrogen and oxygen atoms in total. The molecule has 0 spiro atoms. The van der Waals surface area contributed by atoms with Crippen LogP contribution in [0.25, 0.3) is 0 Å². The summed E-state index contributed by atoms with van der Waals surface area (Å²) < 4.78 is 0. The molecule has 0 heterocycles. The molecular weight excluding hydrogens is 312 g/mol. The molecule has 152 valence electrons. The van der Waals surface area contributed by atoms with E-state index < -0.39 is 0 Å². The van der Waals surface area contributed by atoms with Crippen molar-refractivity contribution in [2.24, 2.45) is 45.8 Å². The molecule has 26 heavy (non-hydrogen) atoms. The third-order valence-electron chi connectivity index (χ3n) is 10.0. The molecule has 0 aliphatic heterocycles. The van der Waals surface area contributed by atoms with Gasteiger partial charge in [0.1, 0.15) is 0 Å². The van der Waals surface area contributed by atoms with Gasteiger partial charge in [-0.1, -0.05) is 80.6 Å². The largest absolute Gasteiger partial charge is 0.0654 e. The minimum absolute atomic E-state index is 0.572. The number of hydrogen-bond donors (Lipinski definition) is 0. The molecule has 0 radical (unpaired) electrons. The van der Waals surface area contributed by atoms with Crippen LogP contribution in [0.15, 0.2) is 0 Å². The Kier molecular flexibility index (Phi) is 5.93. The Morgan fingerprint density at radius 2 is 1.58 bits per heavy atom. The average Bonchev–Trinajstić information content (AvgIpc) is 2.53. The zero-order valence-corrected chi connectivity index (χ0v) is 19.2. The van der Waals surface area contributed by atoms with Crippen LogP contribution in [0.4, 0.5) is 0 Å². The molecule has 0 heteroatoms. The molecule has 3 unspecified atom stereocenters. The van der Waals surface area contributed by atoms with Gasteiger partial charge in [-0.15, -0.1) is 0 Å². The zero-order chi connectivity index (χ0) is 19.2. The summed E-state index contributed by atoms with van der Waals surface area (Å²) in [7, 11) is 0. The molecule has 0 saturated heterocycles. The van der Waals surface area contributed by atoms with E-state index in [1.165, 1.54) is 70.6 Å². The van der Waals surface area contributed by atoms with Gasteiger partial charge in [-0.2, -0.15) is 0 Å². The van der Waals surface area contributed by atoms with Crippen molar-refractivity contribution >= 4 is 0 Å². The summed E-state index contributed by atoms with van der Waals surface area (Å²) >= 11 is 0. The fraction of sp³-hybridized carbons (Fsp3) is 1.00. The lowest BCUT2D eigenvalue weighted by atomic mass is 9.38. The molecule has 3 aliphatic rings. The molecule has 3 fully saturated rings. The molecule has 0 N–H and O–H groups in total. The highest BCUT2D eigenvalue weighted by Crippen LogP contribution is 2.69. The molecule has 7 atom stereocenters. The number of hydrogen-bond acceptors (Lipinski definition) is 0. The van der Waals surface area contributed by atoms with Crippen LogP contribution in [0.3, 0.4) is 0 Å². The van der Waals surface area contributed by atoms with Crippen molar-refractivity contribution < 1.29 is 0 Å². The summed E-state index contributed by atoms with van der Waals surface area (Å²) in [5.41, 5.74) is 1.80. The SMILES string of the molecule is CCCC(C)CC[C@@H]1[C@H](C)CCC2[C@]3(C)CCCC(C)(C)C3CC[C@@]21C. The van der Waals surface area contributed by atoms with Crippen LogP contribution in [0, 0.1) is 45.8 Å². The van der Waals surface area contributed by atoms with Crippen molar-refractivity contribution in [2.45, 2.75) is 119 Å². The van der Waals surface area contributed by atoms with Crippen LogP contribution >= 0.6 is 0 Å². The predicted octanol–water partition coefficient (Wildman–Crippen LogP) is 8.50. The molecule has 0 aromatic heterocycles. The Bertz CT molecular complexity index is 476. The molecular formula is C26H48. The second-order valence-corrected chi connectivity index (χ2v) is 12.1. The van der Waals surface area contributed by atoms with Crippen molar-refractivity contribution in [1.29, 1.82) is 0 Å². The van der Waals surface area contributed by atoms with Crippen molar-refractivity contribution in [3.05, 3.63) is 0 Å². The van der Waals surface area contributed by atoms with E-state index in [0.29, 0.717) is 16.2 Å². The smallest absolute Gasteiger partial charge is 0.0259 e. The Morgan fingerprint density at radius 3 is 2.27 bits per heavy atom. The summed E-state index contributed by atoms with van der Waals surface area (Å²) in [5.74, 6) is 4.80. The van der Waals surface area contributed by atoms with Crippen molar-refractivity contribution in [3.8, 4) is 0 Å². The molecule has 0 bridgehead atoms. The van der Waals surface area contributed by atoms with Crippen LogP contribution < -0.4 is 0 Å². The molecule has 3 saturated carbocycles. The Morgan fingerprint density at radius 1 is 0.846 bits per heavy atom. The first-order valence-electron chi connectivity index (χ1n) is 12.1. The van der Waals surface area contributed by atoms with Crippen LogP contribution in [0.5, 0.6) is 0 Å². The first-order valence-corrected chi connectivity index (χ1v) is 12.1. The Balaban J connectivity index is 1.83. The van der Waals surface area contributed by atoms with Gasteiger partial charge in [-0.05, 0) is 84.4 Å². The van der Waals surface area contributed by atoms with E-state index in [2.05, 4.69) is 48.5 Å². The zero-order valence-electron chi connectivity index (χ0n) is 19.2. The highest BCUT2D eigenvalue weighted by atomic mass is 14.7. The van der Waals surface area contributed by atoms with Gasteiger partial charge in [0.05, 0.1) is 0 Å². The van der Waals surface area contributed by atoms with Gasteiger partial charge in [0.25, 0.3) is 0 Å². The second-order valence-electron chi connectivity index (χ2n) is 12.1. The lowest BCUT2D eigenvalue weighted by Crippen LogP contribution is -2.59. The average molecular weight is 361 g/mol. The highest BCUT2D eigenvalue weighted by molar-refractivity contribution is 5.10. The Labute approximate surface area is 165 Å². The van der Waals surface area contributed by atoms with Crippen molar-refractivity contribution in [3.63, 3.8) is 0 Å². The standard InChI is InChI=1S/C26H48/c1-8-10-19(2)11-13-21-20(3)12-14-23-25(21,6)18-15-22-24(4,5)16-9-17-26(22,23)7/h19-23H,8-18H2,1-7H3/t19?,20-,21-,22?,23?,25-,26-/m1/s1. The molecule has 0 aromatic rings. The fourth-order valence-corrected chi connectivity index (χ4v) is 8.79. The van der Waals surface area contributed by atoms with Gasteiger partial charge >= 0.3 is 0 Å². The van der Waals surface area contributed by atoms with Gasteiger partial charge < -0.3 is 0 Å². The van der Waals surface area contributed by atoms with E-state index in [0.717, 1.165) is 29.6 Å². The minimum atomic E-state index is 0.572.